The molecule has 0 aliphatic carbocycles. The van der Waals surface area contributed by atoms with Gasteiger partial charge < -0.3 is 15.2 Å². The average molecular weight is 244 g/mol. The third kappa shape index (κ3) is 3.98. The number of carboxylic acids is 1. The van der Waals surface area contributed by atoms with Crippen molar-refractivity contribution in [3.63, 3.8) is 0 Å². The van der Waals surface area contributed by atoms with Gasteiger partial charge in [-0.1, -0.05) is 6.92 Å². The van der Waals surface area contributed by atoms with Gasteiger partial charge in [-0.2, -0.15) is 0 Å². The Morgan fingerprint density at radius 1 is 1.59 bits per heavy atom. The van der Waals surface area contributed by atoms with E-state index < -0.39 is 11.9 Å². The molecule has 0 aromatic heterocycles. The molecular formula is C11H20N2O4. The maximum Gasteiger partial charge on any atom is 0.307 e. The topological polar surface area (TPSA) is 78.9 Å². The highest BCUT2D eigenvalue weighted by molar-refractivity contribution is 5.82. The number of rotatable bonds is 5. The van der Waals surface area contributed by atoms with Gasteiger partial charge in [0.05, 0.1) is 19.1 Å². The van der Waals surface area contributed by atoms with E-state index in [4.69, 9.17) is 9.84 Å². The fraction of sp³-hybridized carbons (Fsp3) is 0.818. The van der Waals surface area contributed by atoms with Gasteiger partial charge in [-0.25, -0.2) is 0 Å². The molecule has 0 saturated carbocycles. The molecule has 1 aliphatic rings. The van der Waals surface area contributed by atoms with Crippen LogP contribution in [0.5, 0.6) is 0 Å². The van der Waals surface area contributed by atoms with Crippen molar-refractivity contribution in [2.75, 3.05) is 32.8 Å². The lowest BCUT2D eigenvalue weighted by molar-refractivity contribution is -0.144. The Morgan fingerprint density at radius 3 is 2.88 bits per heavy atom. The Labute approximate surface area is 101 Å². The Morgan fingerprint density at radius 2 is 2.29 bits per heavy atom. The van der Waals surface area contributed by atoms with Crippen molar-refractivity contribution in [2.45, 2.75) is 19.9 Å². The molecule has 1 rings (SSSR count). The summed E-state index contributed by atoms with van der Waals surface area (Å²) in [5.41, 5.74) is 0. The van der Waals surface area contributed by atoms with Crippen LogP contribution in [0.1, 0.15) is 13.8 Å². The number of amides is 1. The molecule has 1 saturated heterocycles. The van der Waals surface area contributed by atoms with E-state index in [1.807, 2.05) is 11.8 Å². The van der Waals surface area contributed by atoms with E-state index in [0.29, 0.717) is 32.8 Å². The normalized spacial score (nSPS) is 23.1. The van der Waals surface area contributed by atoms with Crippen LogP contribution in [0.25, 0.3) is 0 Å². The first kappa shape index (κ1) is 13.9. The molecular weight excluding hydrogens is 224 g/mol. The molecule has 0 bridgehead atoms. The van der Waals surface area contributed by atoms with Gasteiger partial charge >= 0.3 is 5.97 Å². The third-order valence-electron chi connectivity index (χ3n) is 2.82. The number of likely N-dealkylation sites (N-methyl/N-ethyl adjacent to an activating group) is 1. The molecule has 2 N–H and O–H groups in total. The van der Waals surface area contributed by atoms with Gasteiger partial charge in [-0.05, 0) is 6.92 Å². The average Bonchev–Trinajstić information content (AvgIpc) is 2.29. The molecule has 0 radical (unpaired) electrons. The molecule has 2 unspecified atom stereocenters. The van der Waals surface area contributed by atoms with Gasteiger partial charge in [0.2, 0.25) is 5.91 Å². The Bertz CT molecular complexity index is 283. The number of nitrogens with one attached hydrogen (secondary N) is 1. The standard InChI is InChI=1S/C11H20N2O4/c1-3-12-10(14)9-7-17-5-4-13(9)6-8(2)11(15)16/h8-9H,3-7H2,1-2H3,(H,12,14)(H,15,16). The highest BCUT2D eigenvalue weighted by Gasteiger charge is 2.31. The summed E-state index contributed by atoms with van der Waals surface area (Å²) in [6.45, 7) is 5.91. The first-order valence-corrected chi connectivity index (χ1v) is 5.88. The SMILES string of the molecule is CCNC(=O)C1COCCN1CC(C)C(=O)O. The zero-order chi connectivity index (χ0) is 12.8. The number of carbonyl (C=O) groups excluding carboxylic acids is 1. The minimum atomic E-state index is -0.842. The molecule has 1 heterocycles. The molecule has 6 nitrogen and oxygen atoms in total. The summed E-state index contributed by atoms with van der Waals surface area (Å²) in [6.07, 6.45) is 0. The first-order valence-electron chi connectivity index (χ1n) is 5.88. The van der Waals surface area contributed by atoms with Crippen molar-refractivity contribution in [2.24, 2.45) is 5.92 Å². The van der Waals surface area contributed by atoms with Crippen LogP contribution in [0.2, 0.25) is 0 Å². The highest BCUT2D eigenvalue weighted by atomic mass is 16.5. The van der Waals surface area contributed by atoms with Crippen LogP contribution in [0.4, 0.5) is 0 Å². The van der Waals surface area contributed by atoms with Gasteiger partial charge in [0, 0.05) is 19.6 Å². The third-order valence-corrected chi connectivity index (χ3v) is 2.82. The number of hydrogen-bond donors (Lipinski definition) is 2. The second-order valence-corrected chi connectivity index (χ2v) is 4.22. The molecule has 17 heavy (non-hydrogen) atoms. The van der Waals surface area contributed by atoms with Crippen molar-refractivity contribution in [3.8, 4) is 0 Å². The van der Waals surface area contributed by atoms with Crippen molar-refractivity contribution < 1.29 is 19.4 Å². The molecule has 1 fully saturated rings. The number of carboxylic acid groups (broad SMARTS) is 1. The van der Waals surface area contributed by atoms with Crippen LogP contribution in [-0.2, 0) is 14.3 Å². The van der Waals surface area contributed by atoms with Crippen LogP contribution in [-0.4, -0.2) is 60.8 Å². The van der Waals surface area contributed by atoms with E-state index in [-0.39, 0.29) is 11.9 Å². The number of morpholine rings is 1. The highest BCUT2D eigenvalue weighted by Crippen LogP contribution is 2.10. The monoisotopic (exact) mass is 244 g/mol. The molecule has 6 heteroatoms. The van der Waals surface area contributed by atoms with E-state index >= 15 is 0 Å². The van der Waals surface area contributed by atoms with E-state index in [0.717, 1.165) is 0 Å². The molecule has 0 aromatic rings. The lowest BCUT2D eigenvalue weighted by Gasteiger charge is -2.35. The number of aliphatic carboxylic acids is 1. The Hall–Kier alpha value is -1.14. The lowest BCUT2D eigenvalue weighted by atomic mass is 10.1. The molecule has 1 amide bonds. The quantitative estimate of drug-likeness (QED) is 0.684. The van der Waals surface area contributed by atoms with Crippen molar-refractivity contribution in [1.29, 1.82) is 0 Å². The maximum atomic E-state index is 11.8. The number of hydrogen-bond acceptors (Lipinski definition) is 4. The molecule has 98 valence electrons. The largest absolute Gasteiger partial charge is 0.481 e. The second-order valence-electron chi connectivity index (χ2n) is 4.22. The summed E-state index contributed by atoms with van der Waals surface area (Å²) < 4.78 is 5.27. The summed E-state index contributed by atoms with van der Waals surface area (Å²) in [6, 6.07) is -0.370. The van der Waals surface area contributed by atoms with Crippen molar-refractivity contribution >= 4 is 11.9 Å². The molecule has 1 aliphatic heterocycles. The van der Waals surface area contributed by atoms with Crippen LogP contribution in [0.3, 0.4) is 0 Å². The van der Waals surface area contributed by atoms with Gasteiger partial charge in [0.1, 0.15) is 6.04 Å². The summed E-state index contributed by atoms with van der Waals surface area (Å²) in [5, 5.41) is 11.6. The lowest BCUT2D eigenvalue weighted by Crippen LogP contribution is -2.55. The maximum absolute atomic E-state index is 11.8. The fourth-order valence-corrected chi connectivity index (χ4v) is 1.82. The first-order chi connectivity index (χ1) is 8.06. The van der Waals surface area contributed by atoms with Gasteiger partial charge in [0.15, 0.2) is 0 Å². The van der Waals surface area contributed by atoms with E-state index in [2.05, 4.69) is 5.32 Å². The predicted molar refractivity (Wildman–Crippen MR) is 61.7 cm³/mol. The van der Waals surface area contributed by atoms with E-state index in [9.17, 15) is 9.59 Å². The molecule has 0 spiro atoms. The van der Waals surface area contributed by atoms with Crippen molar-refractivity contribution in [3.05, 3.63) is 0 Å². The molecule has 2 atom stereocenters. The van der Waals surface area contributed by atoms with Crippen molar-refractivity contribution in [1.82, 2.24) is 10.2 Å². The summed E-state index contributed by atoms with van der Waals surface area (Å²) in [5.74, 6) is -1.42. The summed E-state index contributed by atoms with van der Waals surface area (Å²) >= 11 is 0. The second kappa shape index (κ2) is 6.56. The number of nitrogens with zero attached hydrogens (tertiary/aromatic N) is 1. The minimum Gasteiger partial charge on any atom is -0.481 e. The Kier molecular flexibility index (Phi) is 5.37. The van der Waals surface area contributed by atoms with Crippen LogP contribution in [0, 0.1) is 5.92 Å². The smallest absolute Gasteiger partial charge is 0.307 e. The van der Waals surface area contributed by atoms with Gasteiger partial charge in [-0.15, -0.1) is 0 Å². The fourth-order valence-electron chi connectivity index (χ4n) is 1.82. The number of carbonyl (C=O) groups is 2. The van der Waals surface area contributed by atoms with Gasteiger partial charge in [0.25, 0.3) is 0 Å². The zero-order valence-corrected chi connectivity index (χ0v) is 10.3. The van der Waals surface area contributed by atoms with Crippen LogP contribution >= 0.6 is 0 Å². The minimum absolute atomic E-state index is 0.0928. The molecule has 0 aromatic carbocycles. The Balaban J connectivity index is 2.59. The number of ether oxygens (including phenoxy) is 1. The zero-order valence-electron chi connectivity index (χ0n) is 10.3. The van der Waals surface area contributed by atoms with Crippen LogP contribution < -0.4 is 5.32 Å². The van der Waals surface area contributed by atoms with Crippen LogP contribution in [0.15, 0.2) is 0 Å². The van der Waals surface area contributed by atoms with E-state index in [1.54, 1.807) is 6.92 Å². The summed E-state index contributed by atoms with van der Waals surface area (Å²) in [4.78, 5) is 24.5. The van der Waals surface area contributed by atoms with Gasteiger partial charge in [-0.3, -0.25) is 14.5 Å². The van der Waals surface area contributed by atoms with E-state index in [1.165, 1.54) is 0 Å². The predicted octanol–water partition coefficient (Wildman–Crippen LogP) is -0.456. The summed E-state index contributed by atoms with van der Waals surface area (Å²) in [7, 11) is 0.